The van der Waals surface area contributed by atoms with Gasteiger partial charge < -0.3 is 49.4 Å². The highest BCUT2D eigenvalue weighted by Crippen LogP contribution is 2.53. The van der Waals surface area contributed by atoms with Crippen LogP contribution in [0.1, 0.15) is 100 Å². The number of halogens is 7. The van der Waals surface area contributed by atoms with Crippen molar-refractivity contribution in [2.45, 2.75) is 103 Å². The highest BCUT2D eigenvalue weighted by Gasteiger charge is 2.61. The van der Waals surface area contributed by atoms with Crippen molar-refractivity contribution in [1.82, 2.24) is 25.1 Å². The van der Waals surface area contributed by atoms with Crippen LogP contribution in [0.5, 0.6) is 11.5 Å². The molecule has 0 unspecified atom stereocenters. The lowest BCUT2D eigenvalue weighted by Gasteiger charge is -2.37. The van der Waals surface area contributed by atoms with Gasteiger partial charge in [-0.05, 0) is 87.1 Å². The van der Waals surface area contributed by atoms with Gasteiger partial charge >= 0.3 is 6.09 Å². The predicted molar refractivity (Wildman–Crippen MR) is 337 cm³/mol. The van der Waals surface area contributed by atoms with E-state index in [0.29, 0.717) is 24.0 Å². The Hall–Kier alpha value is -7.32. The highest BCUT2D eigenvalue weighted by molar-refractivity contribution is 6.34. The molecule has 0 spiro atoms. The van der Waals surface area contributed by atoms with Gasteiger partial charge in [-0.3, -0.25) is 14.4 Å². The number of nitriles is 1. The van der Waals surface area contributed by atoms with Crippen molar-refractivity contribution in [3.8, 4) is 28.7 Å². The molecule has 3 N–H and O–H groups in total. The number of amides is 2. The Balaban J connectivity index is 0.812. The van der Waals surface area contributed by atoms with Gasteiger partial charge in [-0.25, -0.2) is 27.3 Å². The number of aromatic hydroxyl groups is 1. The van der Waals surface area contributed by atoms with Crippen LogP contribution in [-0.4, -0.2) is 146 Å². The fraction of sp³-hybridized carbons (Fsp3) is 0.439. The molecule has 17 nitrogen and oxygen atoms in total. The fourth-order valence-electron chi connectivity index (χ4n) is 11.5. The number of aromatic nitrogens is 2. The van der Waals surface area contributed by atoms with E-state index in [1.54, 1.807) is 50.9 Å². The van der Waals surface area contributed by atoms with Gasteiger partial charge in [0.2, 0.25) is 11.9 Å². The van der Waals surface area contributed by atoms with E-state index in [1.165, 1.54) is 60.5 Å². The number of carbonyl (C=O) groups excluding carboxylic acids is 4. The van der Waals surface area contributed by atoms with E-state index in [0.717, 1.165) is 12.1 Å². The normalized spacial score (nSPS) is 17.7. The van der Waals surface area contributed by atoms with Crippen LogP contribution in [0, 0.1) is 40.0 Å². The summed E-state index contributed by atoms with van der Waals surface area (Å²) < 4.78 is 86.9. The van der Waals surface area contributed by atoms with Gasteiger partial charge in [0.15, 0.2) is 17.4 Å². The molecule has 0 radical (unpaired) electrons. The molecule has 2 fully saturated rings. The number of phenolic OH excluding ortho intramolecular Hbond substituents is 1. The smallest absolute Gasteiger partial charge is 0.410 e. The lowest BCUT2D eigenvalue weighted by molar-refractivity contribution is -0.130. The van der Waals surface area contributed by atoms with Gasteiger partial charge in [-0.1, -0.05) is 92.0 Å². The summed E-state index contributed by atoms with van der Waals surface area (Å²) in [6.07, 6.45) is 0.0824. The maximum atomic E-state index is 16.7. The summed E-state index contributed by atoms with van der Waals surface area (Å²) in [4.78, 5) is 68.3. The molecule has 0 aliphatic carbocycles. The third-order valence-electron chi connectivity index (χ3n) is 15.8. The van der Waals surface area contributed by atoms with E-state index in [2.05, 4.69) is 21.7 Å². The molecule has 3 heterocycles. The third kappa shape index (κ3) is 15.9. The predicted octanol–water partition coefficient (Wildman–Crippen LogP) is 12.7. The number of nitrogens with zero attached hydrogens (tertiary/aromatic N) is 6. The molecule has 2 amide bonds. The van der Waals surface area contributed by atoms with Crippen LogP contribution in [0.15, 0.2) is 78.9 Å². The molecule has 4 atom stereocenters. The van der Waals surface area contributed by atoms with Gasteiger partial charge in [0.05, 0.1) is 54.7 Å². The van der Waals surface area contributed by atoms with Gasteiger partial charge in [0.1, 0.15) is 51.3 Å². The first-order chi connectivity index (χ1) is 42.7. The summed E-state index contributed by atoms with van der Waals surface area (Å²) in [6.45, 7) is 13.4. The fourth-order valence-corrected chi connectivity index (χ4v) is 12.1. The summed E-state index contributed by atoms with van der Waals surface area (Å²) >= 11 is 19.1. The number of ether oxygens (including phenoxy) is 4. The second-order valence-corrected chi connectivity index (χ2v) is 25.8. The number of phenols is 1. The molecule has 8 rings (SSSR count). The number of likely N-dealkylation sites (N-methyl/N-ethyl adjacent to an activating group) is 1. The average molecular weight is 1300 g/mol. The van der Waals surface area contributed by atoms with Crippen LogP contribution in [-0.2, 0) is 35.6 Å². The average Bonchev–Trinajstić information content (AvgIpc) is 1.50. The molecule has 2 aliphatic rings. The number of nitrogens with one attached hydrogen (secondary N) is 2. The Morgan fingerprint density at radius 2 is 1.54 bits per heavy atom. The molecule has 0 bridgehead atoms. The molecule has 2 saturated heterocycles. The van der Waals surface area contributed by atoms with Crippen molar-refractivity contribution >= 4 is 81.0 Å². The Bertz CT molecular complexity index is 3670. The van der Waals surface area contributed by atoms with Crippen molar-refractivity contribution in [1.29, 1.82) is 5.26 Å². The number of hydrogen-bond donors (Lipinski definition) is 3. The quantitative estimate of drug-likeness (QED) is 0.0292. The number of methoxy groups -OCH3 is 1. The van der Waals surface area contributed by atoms with Crippen molar-refractivity contribution in [3.63, 3.8) is 0 Å². The summed E-state index contributed by atoms with van der Waals surface area (Å²) in [5.74, 6) is -5.63. The summed E-state index contributed by atoms with van der Waals surface area (Å²) in [7, 11) is 3.03. The van der Waals surface area contributed by atoms with Crippen molar-refractivity contribution in [3.05, 3.63) is 139 Å². The summed E-state index contributed by atoms with van der Waals surface area (Å²) in [5.41, 5.74) is -3.26. The number of hydrogen-bond acceptors (Lipinski definition) is 15. The molecular weight excluding hydrogens is 1230 g/mol. The number of Topliss-reactive ketones (excluding diaryl/α,β-unsaturated/α-hetero) is 2. The van der Waals surface area contributed by atoms with E-state index in [4.69, 9.17) is 58.7 Å². The number of fused-ring (bicyclic) bond motifs is 1. The molecule has 480 valence electrons. The number of anilines is 2. The van der Waals surface area contributed by atoms with Crippen LogP contribution in [0.25, 0.3) is 22.0 Å². The lowest BCUT2D eigenvalue weighted by Crippen LogP contribution is -2.50. The molecule has 90 heavy (non-hydrogen) atoms. The van der Waals surface area contributed by atoms with Crippen molar-refractivity contribution < 1.29 is 60.8 Å². The summed E-state index contributed by atoms with van der Waals surface area (Å²) in [5, 5.41) is 28.1. The number of ketones is 2. The zero-order valence-corrected chi connectivity index (χ0v) is 53.7. The topological polar surface area (TPSA) is 209 Å². The van der Waals surface area contributed by atoms with Crippen molar-refractivity contribution in [2.75, 3.05) is 90.1 Å². The minimum Gasteiger partial charge on any atom is -0.507 e. The molecule has 0 saturated carbocycles. The van der Waals surface area contributed by atoms with Gasteiger partial charge in [-0.15, -0.1) is 0 Å². The number of benzene rings is 5. The number of piperazine rings is 1. The molecule has 6 aromatic rings. The maximum Gasteiger partial charge on any atom is 0.410 e. The standard InChI is InChI=1S/C66H73Cl3F4N8O9/c1-64(2,3)36-52-66(37-74,43-20-19-40(67)34-47(43)71)56(41-12-9-13-44(68)57(41)72)60(76-52)50(84)32-39-18-17-38(33-51(39)87-8)48(82)16-11-28-88-30-31-89-29-27-79(7)53(85)21-22-75-62-77-59-42(35-45(69)54(58(59)73)55-46(70)14-10-15-49(55)83)61(78-62)80-23-25-81(26-24-80)63(86)90-65(4,5)6/h9-10,12-15,17-20,33-35,52,56,60,76,83H,11,16,21-32,36H2,1-8H3,(H,75,77,78)/t52-,56-,60-,66-/m0/s1. The van der Waals surface area contributed by atoms with Crippen LogP contribution in [0.4, 0.5) is 34.1 Å². The van der Waals surface area contributed by atoms with E-state index in [-0.39, 0.29) is 157 Å². The zero-order valence-electron chi connectivity index (χ0n) is 51.4. The maximum absolute atomic E-state index is 16.7. The van der Waals surface area contributed by atoms with Gasteiger partial charge in [0, 0.05) is 117 Å². The van der Waals surface area contributed by atoms with Gasteiger partial charge in [0.25, 0.3) is 0 Å². The third-order valence-corrected chi connectivity index (χ3v) is 16.6. The first-order valence-corrected chi connectivity index (χ1v) is 30.6. The van der Waals surface area contributed by atoms with Crippen LogP contribution >= 0.6 is 34.8 Å². The van der Waals surface area contributed by atoms with Gasteiger partial charge in [-0.2, -0.15) is 10.2 Å². The van der Waals surface area contributed by atoms with Crippen LogP contribution in [0.3, 0.4) is 0 Å². The van der Waals surface area contributed by atoms with Crippen LogP contribution < -0.4 is 20.3 Å². The molecule has 24 heteroatoms. The Morgan fingerprint density at radius 1 is 0.833 bits per heavy atom. The second-order valence-electron chi connectivity index (χ2n) is 24.5. The Morgan fingerprint density at radius 3 is 2.21 bits per heavy atom. The largest absolute Gasteiger partial charge is 0.507 e. The van der Waals surface area contributed by atoms with Crippen LogP contribution in [0.2, 0.25) is 15.1 Å². The molecular formula is C66H73Cl3F4N8O9. The SMILES string of the molecule is COc1cc(C(=O)CCCOCCOCCN(C)C(=O)CCNc2nc(N3CCN(C(=O)OC(C)(C)C)CC3)c3cc(Cl)c(-c4c(O)cccc4F)c(F)c3n2)ccc1CC(=O)[C@@H]1N[C@@H](CC(C)(C)C)[C@](C#N)(c2ccc(Cl)cc2F)[C@H]1c1cccc(Cl)c1F. The number of carbonyl (C=O) groups is 4. The number of rotatable bonds is 24. The minimum absolute atomic E-state index is 0.00925. The first-order valence-electron chi connectivity index (χ1n) is 29.5. The zero-order chi connectivity index (χ0) is 65.4. The van der Waals surface area contributed by atoms with Crippen molar-refractivity contribution in [2.24, 2.45) is 5.41 Å². The van der Waals surface area contributed by atoms with E-state index < -0.39 is 80.9 Å². The van der Waals surface area contributed by atoms with E-state index in [1.807, 2.05) is 25.7 Å². The second kappa shape index (κ2) is 29.3. The Kier molecular flexibility index (Phi) is 22.3. The molecule has 1 aromatic heterocycles. The molecule has 5 aromatic carbocycles. The highest BCUT2D eigenvalue weighted by atomic mass is 35.5. The Labute approximate surface area is 535 Å². The monoisotopic (exact) mass is 1300 g/mol. The lowest BCUT2D eigenvalue weighted by atomic mass is 9.62. The minimum atomic E-state index is -1.80. The first kappa shape index (κ1) is 68.6. The molecule has 2 aliphatic heterocycles. The summed E-state index contributed by atoms with van der Waals surface area (Å²) in [6, 6.07) is 18.4. The van der Waals surface area contributed by atoms with E-state index >= 15 is 17.6 Å². The van der Waals surface area contributed by atoms with E-state index in [9.17, 15) is 29.5 Å².